The minimum atomic E-state index is -1.07. The van der Waals surface area contributed by atoms with E-state index in [2.05, 4.69) is 6.92 Å². The van der Waals surface area contributed by atoms with Crippen molar-refractivity contribution in [1.82, 2.24) is 18.9 Å². The molecule has 2 aromatic heterocycles. The molecule has 3 heterocycles. The highest BCUT2D eigenvalue weighted by atomic mass is 35.5. The Morgan fingerprint density at radius 1 is 1.10 bits per heavy atom. The van der Waals surface area contributed by atoms with Crippen molar-refractivity contribution >= 4 is 35.1 Å². The van der Waals surface area contributed by atoms with Gasteiger partial charge >= 0.3 is 5.97 Å². The molecule has 9 nitrogen and oxygen atoms in total. The summed E-state index contributed by atoms with van der Waals surface area (Å²) in [6.07, 6.45) is 5.99. The number of imidazole rings is 1. The Labute approximate surface area is 243 Å². The molecule has 1 aliphatic rings. The lowest BCUT2D eigenvalue weighted by molar-refractivity contribution is -0.145. The molecule has 1 fully saturated rings. The topological polar surface area (TPSA) is 100 Å². The third kappa shape index (κ3) is 6.30. The van der Waals surface area contributed by atoms with Gasteiger partial charge < -0.3 is 14.9 Å². The highest BCUT2D eigenvalue weighted by Crippen LogP contribution is 2.29. The van der Waals surface area contributed by atoms with Crippen LogP contribution in [0.1, 0.15) is 44.6 Å². The molecule has 214 valence electrons. The zero-order chi connectivity index (χ0) is 28.9. The average Bonchev–Trinajstić information content (AvgIpc) is 3.63. The van der Waals surface area contributed by atoms with Crippen molar-refractivity contribution in [2.75, 3.05) is 18.0 Å². The molecule has 1 amide bonds. The summed E-state index contributed by atoms with van der Waals surface area (Å²) in [6.45, 7) is 3.14. The normalized spacial score (nSPS) is 15.0. The van der Waals surface area contributed by atoms with Gasteiger partial charge in [0.05, 0.1) is 5.69 Å². The number of amides is 1. The Morgan fingerprint density at radius 3 is 2.56 bits per heavy atom. The lowest BCUT2D eigenvalue weighted by Crippen LogP contribution is -2.48. The fourth-order valence-electron chi connectivity index (χ4n) is 5.50. The number of nitrogens with zero attached hydrogens (tertiary/aromatic N) is 5. The summed E-state index contributed by atoms with van der Waals surface area (Å²) < 4.78 is 3.58. The Hall–Kier alpha value is -4.11. The van der Waals surface area contributed by atoms with Gasteiger partial charge in [0.1, 0.15) is 18.4 Å². The quantitative estimate of drug-likeness (QED) is 0.250. The summed E-state index contributed by atoms with van der Waals surface area (Å²) in [6, 6.07) is 17.7. The molecule has 0 unspecified atom stereocenters. The zero-order valence-corrected chi connectivity index (χ0v) is 23.8. The molecular weight excluding hydrogens is 542 g/mol. The Bertz CT molecular complexity index is 1580. The number of aromatic nitrogens is 3. The smallest absolute Gasteiger partial charge is 0.323 e. The highest BCUT2D eigenvalue weighted by Gasteiger charge is 2.36. The van der Waals surface area contributed by atoms with Gasteiger partial charge in [-0.3, -0.25) is 23.4 Å². The highest BCUT2D eigenvalue weighted by molar-refractivity contribution is 6.30. The maximum absolute atomic E-state index is 13.9. The van der Waals surface area contributed by atoms with Crippen molar-refractivity contribution < 1.29 is 14.7 Å². The lowest BCUT2D eigenvalue weighted by Gasteiger charge is -2.32. The summed E-state index contributed by atoms with van der Waals surface area (Å²) in [5.74, 6) is -0.175. The number of fused-ring (bicyclic) bond motifs is 1. The summed E-state index contributed by atoms with van der Waals surface area (Å²) in [4.78, 5) is 47.3. The number of carbonyl (C=O) groups is 2. The molecule has 1 N–H and O–H groups in total. The molecular formula is C31H34ClN5O4. The molecule has 0 spiro atoms. The number of carbonyl (C=O) groups excluding carboxylic acids is 1. The number of benzene rings is 2. The first-order valence-electron chi connectivity index (χ1n) is 14.1. The van der Waals surface area contributed by atoms with Crippen molar-refractivity contribution in [3.8, 4) is 11.3 Å². The summed E-state index contributed by atoms with van der Waals surface area (Å²) in [5.41, 5.74) is 2.12. The standard InChI is InChI=1S/C31H34ClN5O4/c1-2-3-7-16-36-27(18-28(38)37-20-25(33-31(36)37)23-12-14-24(32)15-13-23)35-17-8-11-26(35)30(41)34(21-29(39)40)19-22-9-5-4-6-10-22/h4-6,9-10,12-15,18,20,26H,2-3,7-8,11,16-17,19,21H2,1H3,(H,39,40)/t26-/m0/s1. The molecule has 10 heteroatoms. The molecule has 1 aliphatic heterocycles. The van der Waals surface area contributed by atoms with Crippen LogP contribution in [0.3, 0.4) is 0 Å². The largest absolute Gasteiger partial charge is 0.480 e. The van der Waals surface area contributed by atoms with Crippen molar-refractivity contribution in [2.45, 2.75) is 58.2 Å². The van der Waals surface area contributed by atoms with Crippen molar-refractivity contribution in [1.29, 1.82) is 0 Å². The van der Waals surface area contributed by atoms with Gasteiger partial charge in [0, 0.05) is 42.5 Å². The van der Waals surface area contributed by atoms with Crippen LogP contribution >= 0.6 is 11.6 Å². The predicted molar refractivity (Wildman–Crippen MR) is 159 cm³/mol. The maximum atomic E-state index is 13.9. The zero-order valence-electron chi connectivity index (χ0n) is 23.1. The van der Waals surface area contributed by atoms with E-state index >= 15 is 0 Å². The second-order valence-electron chi connectivity index (χ2n) is 10.4. The number of carboxylic acid groups (broad SMARTS) is 1. The number of rotatable bonds is 11. The fraction of sp³-hybridized carbons (Fsp3) is 0.355. The molecule has 0 aliphatic carbocycles. The van der Waals surface area contributed by atoms with Crippen molar-refractivity contribution in [3.05, 3.63) is 87.8 Å². The van der Waals surface area contributed by atoms with Gasteiger partial charge in [0.15, 0.2) is 0 Å². The van der Waals surface area contributed by atoms with Crippen molar-refractivity contribution in [2.24, 2.45) is 0 Å². The number of halogens is 1. The molecule has 41 heavy (non-hydrogen) atoms. The van der Waals surface area contributed by atoms with Gasteiger partial charge in [-0.2, -0.15) is 0 Å². The van der Waals surface area contributed by atoms with Crippen molar-refractivity contribution in [3.63, 3.8) is 0 Å². The minimum absolute atomic E-state index is 0.198. The SMILES string of the molecule is CCCCCn1c(N2CCC[C@H]2C(=O)N(CC(=O)O)Cc2ccccc2)cc(=O)n2cc(-c3ccc(Cl)cc3)nc12. The number of anilines is 1. The van der Waals surface area contributed by atoms with Crippen LogP contribution in [0, 0.1) is 0 Å². The average molecular weight is 576 g/mol. The Kier molecular flexibility index (Phi) is 8.73. The van der Waals surface area contributed by atoms with Gasteiger partial charge in [0.25, 0.3) is 5.56 Å². The van der Waals surface area contributed by atoms with E-state index in [1.54, 1.807) is 28.8 Å². The molecule has 0 bridgehead atoms. The van der Waals surface area contributed by atoms with E-state index in [9.17, 15) is 19.5 Å². The molecule has 2 aromatic carbocycles. The molecule has 4 aromatic rings. The second-order valence-corrected chi connectivity index (χ2v) is 10.9. The van der Waals surface area contributed by atoms with Crippen LogP contribution in [0.4, 0.5) is 5.82 Å². The summed E-state index contributed by atoms with van der Waals surface area (Å²) in [7, 11) is 0. The third-order valence-corrected chi connectivity index (χ3v) is 7.76. The minimum Gasteiger partial charge on any atom is -0.480 e. The molecule has 1 atom stereocenters. The van der Waals surface area contributed by atoms with Gasteiger partial charge in [-0.05, 0) is 37.0 Å². The molecule has 0 radical (unpaired) electrons. The van der Waals surface area contributed by atoms with E-state index < -0.39 is 18.6 Å². The van der Waals surface area contributed by atoms with Crippen LogP contribution in [0.2, 0.25) is 5.02 Å². The predicted octanol–water partition coefficient (Wildman–Crippen LogP) is 5.09. The van der Waals surface area contributed by atoms with Gasteiger partial charge in [-0.25, -0.2) is 4.98 Å². The van der Waals surface area contributed by atoms with E-state index in [1.807, 2.05) is 51.9 Å². The maximum Gasteiger partial charge on any atom is 0.323 e. The van der Waals surface area contributed by atoms with Crippen LogP contribution in [-0.4, -0.2) is 55.0 Å². The summed E-state index contributed by atoms with van der Waals surface area (Å²) in [5, 5.41) is 10.2. The monoisotopic (exact) mass is 575 g/mol. The number of aryl methyl sites for hydroxylation is 1. The summed E-state index contributed by atoms with van der Waals surface area (Å²) >= 11 is 6.08. The van der Waals surface area contributed by atoms with Gasteiger partial charge in [-0.15, -0.1) is 0 Å². The third-order valence-electron chi connectivity index (χ3n) is 7.51. The van der Waals surface area contributed by atoms with E-state index in [4.69, 9.17) is 16.6 Å². The Morgan fingerprint density at radius 2 is 1.85 bits per heavy atom. The van der Waals surface area contributed by atoms with Gasteiger partial charge in [0.2, 0.25) is 11.7 Å². The first-order chi connectivity index (χ1) is 19.9. The van der Waals surface area contributed by atoms with E-state index in [-0.39, 0.29) is 18.0 Å². The van der Waals surface area contributed by atoms with Crippen LogP contribution in [-0.2, 0) is 22.7 Å². The number of hydrogen-bond acceptors (Lipinski definition) is 5. The fourth-order valence-corrected chi connectivity index (χ4v) is 5.63. The van der Waals surface area contributed by atoms with Crippen LogP contribution in [0.5, 0.6) is 0 Å². The number of unbranched alkanes of at least 4 members (excludes halogenated alkanes) is 2. The first-order valence-corrected chi connectivity index (χ1v) is 14.4. The lowest BCUT2D eigenvalue weighted by atomic mass is 10.1. The second kappa shape index (κ2) is 12.6. The van der Waals surface area contributed by atoms with Crippen LogP contribution in [0.25, 0.3) is 17.0 Å². The van der Waals surface area contributed by atoms with Gasteiger partial charge in [-0.1, -0.05) is 73.8 Å². The number of carboxylic acids is 1. The van der Waals surface area contributed by atoms with E-state index in [1.165, 1.54) is 4.90 Å². The molecule has 5 rings (SSSR count). The van der Waals surface area contributed by atoms with Crippen LogP contribution in [0.15, 0.2) is 71.7 Å². The van der Waals surface area contributed by atoms with E-state index in [0.29, 0.717) is 41.8 Å². The number of hydrogen-bond donors (Lipinski definition) is 1. The van der Waals surface area contributed by atoms with Crippen LogP contribution < -0.4 is 10.5 Å². The molecule has 1 saturated heterocycles. The number of aliphatic carboxylic acids is 1. The Balaban J connectivity index is 1.54. The molecule has 0 saturated carbocycles. The van der Waals surface area contributed by atoms with E-state index in [0.717, 1.165) is 36.8 Å². The first kappa shape index (κ1) is 28.4.